The van der Waals surface area contributed by atoms with Gasteiger partial charge < -0.3 is 10.8 Å². The van der Waals surface area contributed by atoms with Crippen LogP contribution >= 0.6 is 11.3 Å². The third-order valence-electron chi connectivity index (χ3n) is 2.04. The van der Waals surface area contributed by atoms with Crippen molar-refractivity contribution in [3.05, 3.63) is 41.3 Å². The smallest absolute Gasteiger partial charge is 0.336 e. The molecular weight excluding hydrogens is 210 g/mol. The average molecular weight is 219 g/mol. The van der Waals surface area contributed by atoms with Crippen molar-refractivity contribution in [3.8, 4) is 10.4 Å². The Labute approximate surface area is 90.8 Å². The zero-order valence-corrected chi connectivity index (χ0v) is 8.62. The summed E-state index contributed by atoms with van der Waals surface area (Å²) in [5, 5.41) is 10.4. The molecule has 0 unspecified atom stereocenters. The lowest BCUT2D eigenvalue weighted by Crippen LogP contribution is -1.91. The van der Waals surface area contributed by atoms with Gasteiger partial charge in [-0.15, -0.1) is 11.3 Å². The highest BCUT2D eigenvalue weighted by molar-refractivity contribution is 7.13. The Hall–Kier alpha value is -1.81. The van der Waals surface area contributed by atoms with Gasteiger partial charge in [0.05, 0.1) is 5.56 Å². The van der Waals surface area contributed by atoms with Crippen LogP contribution < -0.4 is 5.73 Å². The van der Waals surface area contributed by atoms with Crippen molar-refractivity contribution >= 4 is 23.0 Å². The number of anilines is 1. The fraction of sp³-hybridized carbons (Fsp3) is 0. The maximum Gasteiger partial charge on any atom is 0.336 e. The Morgan fingerprint density at radius 3 is 2.47 bits per heavy atom. The number of benzene rings is 1. The number of carbonyl (C=O) groups is 1. The highest BCUT2D eigenvalue weighted by Crippen LogP contribution is 2.27. The number of hydrogen-bond acceptors (Lipinski definition) is 3. The Morgan fingerprint density at radius 1 is 1.27 bits per heavy atom. The predicted molar refractivity (Wildman–Crippen MR) is 61.1 cm³/mol. The van der Waals surface area contributed by atoms with E-state index >= 15 is 0 Å². The van der Waals surface area contributed by atoms with Crippen LogP contribution in [0.15, 0.2) is 35.7 Å². The van der Waals surface area contributed by atoms with Gasteiger partial charge in [-0.25, -0.2) is 4.79 Å². The summed E-state index contributed by atoms with van der Waals surface area (Å²) in [4.78, 5) is 11.6. The summed E-state index contributed by atoms with van der Waals surface area (Å²) in [5.41, 5.74) is 7.58. The Bertz CT molecular complexity index is 488. The summed E-state index contributed by atoms with van der Waals surface area (Å²) in [5.74, 6) is -0.895. The normalized spacial score (nSPS) is 10.1. The zero-order valence-electron chi connectivity index (χ0n) is 7.81. The predicted octanol–water partition coefficient (Wildman–Crippen LogP) is 2.70. The fourth-order valence-electron chi connectivity index (χ4n) is 1.25. The number of thiophene rings is 1. The molecule has 0 spiro atoms. The van der Waals surface area contributed by atoms with Crippen molar-refractivity contribution in [2.24, 2.45) is 0 Å². The van der Waals surface area contributed by atoms with Crippen LogP contribution in [-0.2, 0) is 0 Å². The third-order valence-corrected chi connectivity index (χ3v) is 3.02. The number of nitrogen functional groups attached to an aromatic ring is 1. The van der Waals surface area contributed by atoms with Crippen molar-refractivity contribution in [1.82, 2.24) is 0 Å². The molecular formula is C11H9NO2S. The molecule has 1 aromatic carbocycles. The molecule has 0 saturated carbocycles. The van der Waals surface area contributed by atoms with Gasteiger partial charge in [-0.2, -0.15) is 0 Å². The van der Waals surface area contributed by atoms with Gasteiger partial charge in [-0.05, 0) is 23.8 Å². The first-order chi connectivity index (χ1) is 7.16. The highest BCUT2D eigenvalue weighted by Gasteiger charge is 2.07. The highest BCUT2D eigenvalue weighted by atomic mass is 32.1. The van der Waals surface area contributed by atoms with Crippen LogP contribution in [0.3, 0.4) is 0 Å². The summed E-state index contributed by atoms with van der Waals surface area (Å²) >= 11 is 1.42. The van der Waals surface area contributed by atoms with Gasteiger partial charge in [0.15, 0.2) is 0 Å². The number of rotatable bonds is 2. The summed E-state index contributed by atoms with van der Waals surface area (Å²) in [6.45, 7) is 0. The van der Waals surface area contributed by atoms with Crippen molar-refractivity contribution in [3.63, 3.8) is 0 Å². The van der Waals surface area contributed by atoms with Gasteiger partial charge in [0, 0.05) is 15.9 Å². The van der Waals surface area contributed by atoms with Crippen LogP contribution in [0.1, 0.15) is 10.4 Å². The molecule has 3 nitrogen and oxygen atoms in total. The lowest BCUT2D eigenvalue weighted by molar-refractivity contribution is 0.0697. The first-order valence-corrected chi connectivity index (χ1v) is 5.22. The van der Waals surface area contributed by atoms with Gasteiger partial charge in [-0.3, -0.25) is 0 Å². The number of nitrogens with two attached hydrogens (primary N) is 1. The largest absolute Gasteiger partial charge is 0.478 e. The van der Waals surface area contributed by atoms with E-state index in [0.717, 1.165) is 10.4 Å². The topological polar surface area (TPSA) is 63.3 Å². The maximum absolute atomic E-state index is 10.7. The van der Waals surface area contributed by atoms with E-state index in [-0.39, 0.29) is 0 Å². The minimum atomic E-state index is -0.895. The first kappa shape index (κ1) is 9.73. The third kappa shape index (κ3) is 1.99. The summed E-state index contributed by atoms with van der Waals surface area (Å²) < 4.78 is 0. The van der Waals surface area contributed by atoms with Crippen LogP contribution in [0.5, 0.6) is 0 Å². The van der Waals surface area contributed by atoms with Crippen LogP contribution in [-0.4, -0.2) is 11.1 Å². The van der Waals surface area contributed by atoms with Gasteiger partial charge in [0.1, 0.15) is 0 Å². The lowest BCUT2D eigenvalue weighted by atomic mass is 10.1. The molecule has 3 N–H and O–H groups in total. The van der Waals surface area contributed by atoms with Crippen LogP contribution in [0.2, 0.25) is 0 Å². The van der Waals surface area contributed by atoms with Crippen molar-refractivity contribution in [2.75, 3.05) is 5.73 Å². The molecule has 0 fully saturated rings. The molecule has 0 aliphatic heterocycles. The number of carboxylic acid groups (broad SMARTS) is 1. The number of carboxylic acids is 1. The van der Waals surface area contributed by atoms with Gasteiger partial charge in [0.2, 0.25) is 0 Å². The van der Waals surface area contributed by atoms with E-state index in [4.69, 9.17) is 10.8 Å². The van der Waals surface area contributed by atoms with E-state index in [9.17, 15) is 4.79 Å². The second-order valence-electron chi connectivity index (χ2n) is 3.13. The SMILES string of the molecule is Nc1ccc(-c2cc(C(=O)O)cs2)cc1. The van der Waals surface area contributed by atoms with E-state index in [1.165, 1.54) is 11.3 Å². The first-order valence-electron chi connectivity index (χ1n) is 4.34. The van der Waals surface area contributed by atoms with Crippen LogP contribution in [0.4, 0.5) is 5.69 Å². The molecule has 15 heavy (non-hydrogen) atoms. The molecule has 76 valence electrons. The van der Waals surface area contributed by atoms with E-state index in [0.29, 0.717) is 11.3 Å². The lowest BCUT2D eigenvalue weighted by Gasteiger charge is -1.97. The molecule has 1 aromatic heterocycles. The minimum absolute atomic E-state index is 0.326. The number of aromatic carboxylic acids is 1. The van der Waals surface area contributed by atoms with Gasteiger partial charge >= 0.3 is 5.97 Å². The fourth-order valence-corrected chi connectivity index (χ4v) is 2.14. The van der Waals surface area contributed by atoms with Crippen molar-refractivity contribution in [1.29, 1.82) is 0 Å². The van der Waals surface area contributed by atoms with Crippen molar-refractivity contribution in [2.45, 2.75) is 0 Å². The minimum Gasteiger partial charge on any atom is -0.478 e. The quantitative estimate of drug-likeness (QED) is 0.763. The van der Waals surface area contributed by atoms with Gasteiger partial charge in [0.25, 0.3) is 0 Å². The summed E-state index contributed by atoms with van der Waals surface area (Å²) in [6, 6.07) is 9.03. The standard InChI is InChI=1S/C11H9NO2S/c12-9-3-1-7(2-4-9)10-5-8(6-15-10)11(13)14/h1-6H,12H2,(H,13,14). The molecule has 1 heterocycles. The van der Waals surface area contributed by atoms with E-state index in [2.05, 4.69) is 0 Å². The van der Waals surface area contributed by atoms with Gasteiger partial charge in [-0.1, -0.05) is 12.1 Å². The van der Waals surface area contributed by atoms with Crippen molar-refractivity contribution < 1.29 is 9.90 Å². The Kier molecular flexibility index (Phi) is 2.43. The van der Waals surface area contributed by atoms with E-state index < -0.39 is 5.97 Å². The Morgan fingerprint density at radius 2 is 1.93 bits per heavy atom. The van der Waals surface area contributed by atoms with E-state index in [1.54, 1.807) is 23.6 Å². The molecule has 0 aliphatic rings. The molecule has 2 aromatic rings. The molecule has 0 aliphatic carbocycles. The molecule has 0 saturated heterocycles. The second-order valence-corrected chi connectivity index (χ2v) is 4.04. The molecule has 4 heteroatoms. The Balaban J connectivity index is 2.37. The molecule has 0 bridgehead atoms. The number of hydrogen-bond donors (Lipinski definition) is 2. The van der Waals surface area contributed by atoms with E-state index in [1.807, 2.05) is 12.1 Å². The molecule has 0 atom stereocenters. The molecule has 2 rings (SSSR count). The monoisotopic (exact) mass is 219 g/mol. The van der Waals surface area contributed by atoms with Crippen LogP contribution in [0, 0.1) is 0 Å². The second kappa shape index (κ2) is 3.74. The average Bonchev–Trinajstić information content (AvgIpc) is 2.68. The molecule has 0 amide bonds. The molecule has 0 radical (unpaired) electrons. The zero-order chi connectivity index (χ0) is 10.8. The van der Waals surface area contributed by atoms with Crippen LogP contribution in [0.25, 0.3) is 10.4 Å². The maximum atomic E-state index is 10.7. The summed E-state index contributed by atoms with van der Waals surface area (Å²) in [6.07, 6.45) is 0. The summed E-state index contributed by atoms with van der Waals surface area (Å²) in [7, 11) is 0.